The number of ether oxygens (including phenoxy) is 2. The molecule has 28 heavy (non-hydrogen) atoms. The fraction of sp³-hybridized carbons (Fsp3) is 0.640. The fourth-order valence-corrected chi connectivity index (χ4v) is 3.26. The maximum atomic E-state index is 11.4. The lowest BCUT2D eigenvalue weighted by atomic mass is 10.1. The second-order valence-corrected chi connectivity index (χ2v) is 7.63. The molecule has 0 radical (unpaired) electrons. The predicted molar refractivity (Wildman–Crippen MR) is 119 cm³/mol. The number of carbonyl (C=O) groups excluding carboxylic acids is 1. The lowest BCUT2D eigenvalue weighted by Gasteiger charge is -2.07. The molecule has 0 bridgehead atoms. The molecule has 0 unspecified atom stereocenters. The van der Waals surface area contributed by atoms with Gasteiger partial charge in [-0.3, -0.25) is 0 Å². The summed E-state index contributed by atoms with van der Waals surface area (Å²) in [5.41, 5.74) is 1.56. The quantitative estimate of drug-likeness (QED) is 0.169. The van der Waals surface area contributed by atoms with Gasteiger partial charge >= 0.3 is 5.97 Å². The van der Waals surface area contributed by atoms with Crippen molar-refractivity contribution in [3.8, 4) is 5.75 Å². The number of hydrogen-bond donors (Lipinski definition) is 0. The summed E-state index contributed by atoms with van der Waals surface area (Å²) in [6, 6.07) is 7.84. The Kier molecular flexibility index (Phi) is 14.0. The Morgan fingerprint density at radius 1 is 0.821 bits per heavy atom. The van der Waals surface area contributed by atoms with Crippen molar-refractivity contribution in [2.75, 3.05) is 13.7 Å². The van der Waals surface area contributed by atoms with E-state index in [0.717, 1.165) is 24.3 Å². The molecule has 3 nitrogen and oxygen atoms in total. The first kappa shape index (κ1) is 24.3. The normalized spacial score (nSPS) is 11.5. The van der Waals surface area contributed by atoms with Crippen molar-refractivity contribution < 1.29 is 14.3 Å². The van der Waals surface area contributed by atoms with E-state index in [9.17, 15) is 4.79 Å². The van der Waals surface area contributed by atoms with Crippen molar-refractivity contribution in [2.24, 2.45) is 0 Å². The first-order valence-corrected chi connectivity index (χ1v) is 11.2. The Bertz CT molecular complexity index is 545. The van der Waals surface area contributed by atoms with E-state index in [1.165, 1.54) is 77.7 Å². The van der Waals surface area contributed by atoms with Crippen LogP contribution in [0.3, 0.4) is 0 Å². The van der Waals surface area contributed by atoms with Crippen LogP contribution in [-0.4, -0.2) is 19.7 Å². The largest absolute Gasteiger partial charge is 0.494 e. The van der Waals surface area contributed by atoms with E-state index in [4.69, 9.17) is 9.47 Å². The van der Waals surface area contributed by atoms with Crippen molar-refractivity contribution in [2.45, 2.75) is 90.9 Å². The van der Waals surface area contributed by atoms with Gasteiger partial charge in [0.05, 0.1) is 13.7 Å². The van der Waals surface area contributed by atoms with Crippen molar-refractivity contribution in [1.82, 2.24) is 0 Å². The summed E-state index contributed by atoms with van der Waals surface area (Å²) < 4.78 is 10.5. The molecular formula is C25H40O3. The van der Waals surface area contributed by atoms with E-state index in [2.05, 4.69) is 6.92 Å². The van der Waals surface area contributed by atoms with Crippen LogP contribution in [0.5, 0.6) is 5.75 Å². The Hall–Kier alpha value is -1.77. The molecular weight excluding hydrogens is 348 g/mol. The zero-order chi connectivity index (χ0) is 20.5. The molecule has 0 aliphatic rings. The Morgan fingerprint density at radius 2 is 1.32 bits per heavy atom. The number of unbranched alkanes of at least 4 members (excludes halogenated alkanes) is 11. The zero-order valence-electron chi connectivity index (χ0n) is 18.3. The second-order valence-electron chi connectivity index (χ2n) is 7.63. The molecule has 0 heterocycles. The van der Waals surface area contributed by atoms with Crippen molar-refractivity contribution in [3.63, 3.8) is 0 Å². The molecule has 0 saturated heterocycles. The number of rotatable bonds is 16. The highest BCUT2D eigenvalue weighted by Crippen LogP contribution is 2.16. The highest BCUT2D eigenvalue weighted by molar-refractivity contribution is 5.92. The van der Waals surface area contributed by atoms with Crippen LogP contribution in [0.2, 0.25) is 0 Å². The minimum atomic E-state index is -0.299. The molecule has 0 atom stereocenters. The van der Waals surface area contributed by atoms with E-state index < -0.39 is 0 Å². The summed E-state index contributed by atoms with van der Waals surface area (Å²) in [5, 5.41) is 0. The first-order chi connectivity index (χ1) is 13.7. The lowest BCUT2D eigenvalue weighted by molar-refractivity contribution is -0.135. The summed E-state index contributed by atoms with van der Waals surface area (Å²) in [4.78, 5) is 11.4. The smallest absolute Gasteiger partial charge is 0.333 e. The van der Waals surface area contributed by atoms with Crippen molar-refractivity contribution >= 4 is 12.0 Å². The highest BCUT2D eigenvalue weighted by atomic mass is 16.5. The molecule has 0 aliphatic heterocycles. The van der Waals surface area contributed by atoms with Gasteiger partial charge in [-0.2, -0.15) is 0 Å². The second kappa shape index (κ2) is 16.2. The van der Waals surface area contributed by atoms with E-state index in [0.29, 0.717) is 5.57 Å². The van der Waals surface area contributed by atoms with Gasteiger partial charge in [-0.1, -0.05) is 89.7 Å². The van der Waals surface area contributed by atoms with Gasteiger partial charge in [-0.15, -0.1) is 0 Å². The molecule has 0 fully saturated rings. The molecule has 0 aromatic heterocycles. The molecule has 1 aromatic carbocycles. The van der Waals surface area contributed by atoms with Gasteiger partial charge in [-0.05, 0) is 37.1 Å². The Morgan fingerprint density at radius 3 is 1.82 bits per heavy atom. The summed E-state index contributed by atoms with van der Waals surface area (Å²) in [6.07, 6.45) is 18.1. The number of carbonyl (C=O) groups is 1. The predicted octanol–water partition coefficient (Wildman–Crippen LogP) is 7.34. The lowest BCUT2D eigenvalue weighted by Crippen LogP contribution is -2.01. The minimum Gasteiger partial charge on any atom is -0.494 e. The van der Waals surface area contributed by atoms with Gasteiger partial charge in [0.15, 0.2) is 0 Å². The molecule has 1 rings (SSSR count). The van der Waals surface area contributed by atoms with Crippen LogP contribution in [0.15, 0.2) is 29.8 Å². The molecule has 3 heteroatoms. The number of esters is 1. The van der Waals surface area contributed by atoms with Crippen LogP contribution in [0.4, 0.5) is 0 Å². The average Bonchev–Trinajstić information content (AvgIpc) is 2.72. The highest BCUT2D eigenvalue weighted by Gasteiger charge is 2.03. The SMILES string of the molecule is CCCCCCCCCCCCCCOc1ccc(/C=C(\C)C(=O)OC)cc1. The summed E-state index contributed by atoms with van der Waals surface area (Å²) >= 11 is 0. The van der Waals surface area contributed by atoms with E-state index in [1.807, 2.05) is 30.3 Å². The number of methoxy groups -OCH3 is 1. The van der Waals surface area contributed by atoms with Gasteiger partial charge in [-0.25, -0.2) is 4.79 Å². The third kappa shape index (κ3) is 11.8. The van der Waals surface area contributed by atoms with Gasteiger partial charge in [0.2, 0.25) is 0 Å². The van der Waals surface area contributed by atoms with E-state index in [-0.39, 0.29) is 5.97 Å². The molecule has 0 spiro atoms. The monoisotopic (exact) mass is 388 g/mol. The molecule has 0 N–H and O–H groups in total. The van der Waals surface area contributed by atoms with Crippen LogP contribution in [0.25, 0.3) is 6.08 Å². The van der Waals surface area contributed by atoms with Crippen LogP contribution in [-0.2, 0) is 9.53 Å². The number of hydrogen-bond acceptors (Lipinski definition) is 3. The summed E-state index contributed by atoms with van der Waals surface area (Å²) in [7, 11) is 1.40. The van der Waals surface area contributed by atoms with Crippen molar-refractivity contribution in [1.29, 1.82) is 0 Å². The summed E-state index contributed by atoms with van der Waals surface area (Å²) in [5.74, 6) is 0.586. The fourth-order valence-electron chi connectivity index (χ4n) is 3.26. The number of benzene rings is 1. The van der Waals surface area contributed by atoms with E-state index in [1.54, 1.807) is 6.92 Å². The van der Waals surface area contributed by atoms with Gasteiger partial charge < -0.3 is 9.47 Å². The zero-order valence-corrected chi connectivity index (χ0v) is 18.3. The van der Waals surface area contributed by atoms with E-state index >= 15 is 0 Å². The van der Waals surface area contributed by atoms with Crippen molar-refractivity contribution in [3.05, 3.63) is 35.4 Å². The molecule has 1 aromatic rings. The average molecular weight is 389 g/mol. The maximum Gasteiger partial charge on any atom is 0.333 e. The molecule has 158 valence electrons. The first-order valence-electron chi connectivity index (χ1n) is 11.2. The Balaban J connectivity index is 2.02. The topological polar surface area (TPSA) is 35.5 Å². The molecule has 0 aliphatic carbocycles. The summed E-state index contributed by atoms with van der Waals surface area (Å²) in [6.45, 7) is 4.80. The maximum absolute atomic E-state index is 11.4. The van der Waals surface area contributed by atoms with Crippen LogP contribution < -0.4 is 4.74 Å². The Labute approximate surface area is 172 Å². The molecule has 0 amide bonds. The van der Waals surface area contributed by atoms with Crippen LogP contribution in [0.1, 0.15) is 96.5 Å². The van der Waals surface area contributed by atoms with Gasteiger partial charge in [0.25, 0.3) is 0 Å². The van der Waals surface area contributed by atoms with Crippen LogP contribution in [0, 0.1) is 0 Å². The standard InChI is InChI=1S/C25H40O3/c1-4-5-6-7-8-9-10-11-12-13-14-15-20-28-24-18-16-23(17-19-24)21-22(2)25(26)27-3/h16-19,21H,4-15,20H2,1-3H3/b22-21+. The van der Waals surface area contributed by atoms with Gasteiger partial charge in [0, 0.05) is 5.57 Å². The third-order valence-corrected chi connectivity index (χ3v) is 5.04. The van der Waals surface area contributed by atoms with Gasteiger partial charge in [0.1, 0.15) is 5.75 Å². The molecule has 0 saturated carbocycles. The minimum absolute atomic E-state index is 0.299. The van der Waals surface area contributed by atoms with Crippen LogP contribution >= 0.6 is 0 Å². The third-order valence-electron chi connectivity index (χ3n) is 5.04.